The van der Waals surface area contributed by atoms with E-state index in [0.29, 0.717) is 48.1 Å². The maximum absolute atomic E-state index is 11.4. The number of nitrogens with two attached hydrogens (primary N) is 1. The lowest BCUT2D eigenvalue weighted by atomic mass is 10.1. The molecule has 1 aliphatic heterocycles. The highest BCUT2D eigenvalue weighted by Gasteiger charge is 2.23. The Bertz CT molecular complexity index is 1510. The SMILES string of the molecule is NS(=O)(=O)c1ccc(NC(=S)N2CCN(c3ncnc4[nH]c5cc(O)c(O)cc5c34)CC2)cc1. The normalized spacial score (nSPS) is 14.6. The van der Waals surface area contributed by atoms with Crippen LogP contribution in [-0.2, 0) is 10.0 Å². The molecule has 0 radical (unpaired) electrons. The molecule has 0 aliphatic carbocycles. The fourth-order valence-electron chi connectivity index (χ4n) is 4.03. The number of hydrogen-bond acceptors (Lipinski definition) is 8. The average molecular weight is 500 g/mol. The van der Waals surface area contributed by atoms with Crippen molar-refractivity contribution in [3.05, 3.63) is 42.7 Å². The van der Waals surface area contributed by atoms with Gasteiger partial charge in [0.2, 0.25) is 10.0 Å². The third kappa shape index (κ3) is 4.04. The number of anilines is 2. The molecular formula is C21H21N7O4S2. The van der Waals surface area contributed by atoms with Crippen molar-refractivity contribution in [2.24, 2.45) is 5.14 Å². The molecule has 176 valence electrons. The Morgan fingerprint density at radius 1 is 1.06 bits per heavy atom. The van der Waals surface area contributed by atoms with Crippen LogP contribution in [0.4, 0.5) is 11.5 Å². The maximum Gasteiger partial charge on any atom is 0.238 e. The van der Waals surface area contributed by atoms with Crippen LogP contribution in [0.25, 0.3) is 21.9 Å². The summed E-state index contributed by atoms with van der Waals surface area (Å²) in [6, 6.07) is 9.06. The summed E-state index contributed by atoms with van der Waals surface area (Å²) in [7, 11) is -3.75. The van der Waals surface area contributed by atoms with Crippen molar-refractivity contribution in [1.29, 1.82) is 0 Å². The van der Waals surface area contributed by atoms with Crippen LogP contribution in [0.2, 0.25) is 0 Å². The molecule has 13 heteroatoms. The van der Waals surface area contributed by atoms with Crippen molar-refractivity contribution in [2.45, 2.75) is 4.90 Å². The molecule has 0 atom stereocenters. The van der Waals surface area contributed by atoms with E-state index < -0.39 is 10.0 Å². The van der Waals surface area contributed by atoms with Crippen LogP contribution in [0.5, 0.6) is 11.5 Å². The van der Waals surface area contributed by atoms with Gasteiger partial charge in [-0.3, -0.25) is 0 Å². The number of primary sulfonamides is 1. The maximum atomic E-state index is 11.4. The molecule has 1 aliphatic rings. The van der Waals surface area contributed by atoms with Crippen molar-refractivity contribution < 1.29 is 18.6 Å². The van der Waals surface area contributed by atoms with E-state index in [0.717, 1.165) is 16.6 Å². The molecule has 11 nitrogen and oxygen atoms in total. The number of phenols is 2. The fourth-order valence-corrected chi connectivity index (χ4v) is 4.84. The number of hydrogen-bond donors (Lipinski definition) is 5. The second kappa shape index (κ2) is 8.27. The fraction of sp³-hybridized carbons (Fsp3) is 0.190. The van der Waals surface area contributed by atoms with E-state index in [1.165, 1.54) is 30.6 Å². The van der Waals surface area contributed by atoms with E-state index in [2.05, 4.69) is 25.2 Å². The summed E-state index contributed by atoms with van der Waals surface area (Å²) < 4.78 is 22.8. The molecular weight excluding hydrogens is 478 g/mol. The highest BCUT2D eigenvalue weighted by Crippen LogP contribution is 2.37. The molecule has 3 heterocycles. The van der Waals surface area contributed by atoms with Gasteiger partial charge in [0.1, 0.15) is 17.8 Å². The first-order valence-corrected chi connectivity index (χ1v) is 12.3. The van der Waals surface area contributed by atoms with Crippen LogP contribution < -0.4 is 15.4 Å². The Kier molecular flexibility index (Phi) is 5.38. The van der Waals surface area contributed by atoms with Gasteiger partial charge in [-0.15, -0.1) is 0 Å². The molecule has 0 saturated carbocycles. The molecule has 4 aromatic rings. The summed E-state index contributed by atoms with van der Waals surface area (Å²) in [6.45, 7) is 2.58. The number of phenolic OH excluding ortho intramolecular Hbond substituents is 2. The topological polar surface area (TPSA) is 161 Å². The molecule has 2 aromatic carbocycles. The van der Waals surface area contributed by atoms with Crippen molar-refractivity contribution >= 4 is 60.8 Å². The van der Waals surface area contributed by atoms with Crippen LogP contribution in [0, 0.1) is 0 Å². The van der Waals surface area contributed by atoms with Gasteiger partial charge in [0.05, 0.1) is 15.8 Å². The quantitative estimate of drug-likeness (QED) is 0.207. The first-order chi connectivity index (χ1) is 16.2. The van der Waals surface area contributed by atoms with E-state index in [4.69, 9.17) is 17.4 Å². The lowest BCUT2D eigenvalue weighted by molar-refractivity contribution is 0.390. The van der Waals surface area contributed by atoms with Gasteiger partial charge in [0.15, 0.2) is 16.6 Å². The number of nitrogens with one attached hydrogen (secondary N) is 2. The lowest BCUT2D eigenvalue weighted by Crippen LogP contribution is -2.50. The number of aromatic amines is 1. The van der Waals surface area contributed by atoms with Crippen LogP contribution in [0.3, 0.4) is 0 Å². The summed E-state index contributed by atoms with van der Waals surface area (Å²) in [4.78, 5) is 16.1. The molecule has 1 fully saturated rings. The van der Waals surface area contributed by atoms with Gasteiger partial charge >= 0.3 is 0 Å². The van der Waals surface area contributed by atoms with Gasteiger partial charge in [-0.25, -0.2) is 23.5 Å². The van der Waals surface area contributed by atoms with Gasteiger partial charge in [-0.2, -0.15) is 0 Å². The van der Waals surface area contributed by atoms with Gasteiger partial charge in [-0.05, 0) is 42.5 Å². The van der Waals surface area contributed by atoms with Crippen LogP contribution in [-0.4, -0.2) is 69.8 Å². The van der Waals surface area contributed by atoms with E-state index in [1.54, 1.807) is 12.1 Å². The van der Waals surface area contributed by atoms with Crippen LogP contribution in [0.1, 0.15) is 0 Å². The molecule has 34 heavy (non-hydrogen) atoms. The number of piperazine rings is 1. The number of H-pyrrole nitrogens is 1. The van der Waals surface area contributed by atoms with Crippen molar-refractivity contribution in [2.75, 3.05) is 36.4 Å². The van der Waals surface area contributed by atoms with Crippen molar-refractivity contribution in [3.63, 3.8) is 0 Å². The summed E-state index contributed by atoms with van der Waals surface area (Å²) in [6.07, 6.45) is 1.48. The number of rotatable bonds is 3. The molecule has 1 saturated heterocycles. The monoisotopic (exact) mass is 499 g/mol. The molecule has 0 unspecified atom stereocenters. The predicted octanol–water partition coefficient (Wildman–Crippen LogP) is 1.69. The number of aromatic hydroxyl groups is 2. The second-order valence-corrected chi connectivity index (χ2v) is 9.85. The number of fused-ring (bicyclic) bond motifs is 3. The summed E-state index contributed by atoms with van der Waals surface area (Å²) in [5.41, 5.74) is 1.94. The Balaban J connectivity index is 1.31. The first kappa shape index (κ1) is 22.1. The number of aromatic nitrogens is 3. The zero-order valence-corrected chi connectivity index (χ0v) is 19.4. The predicted molar refractivity (Wildman–Crippen MR) is 133 cm³/mol. The van der Waals surface area contributed by atoms with E-state index in [1.807, 2.05) is 4.90 Å². The Morgan fingerprint density at radius 2 is 1.74 bits per heavy atom. The third-order valence-corrected chi connectivity index (χ3v) is 7.05. The number of thiocarbonyl (C=S) groups is 1. The lowest BCUT2D eigenvalue weighted by Gasteiger charge is -2.37. The average Bonchev–Trinajstić information content (AvgIpc) is 3.16. The molecule has 0 bridgehead atoms. The third-order valence-electron chi connectivity index (χ3n) is 5.76. The summed E-state index contributed by atoms with van der Waals surface area (Å²) in [5.74, 6) is 0.322. The number of benzene rings is 2. The van der Waals surface area contributed by atoms with E-state index in [-0.39, 0.29) is 16.4 Å². The highest BCUT2D eigenvalue weighted by atomic mass is 32.2. The highest BCUT2D eigenvalue weighted by molar-refractivity contribution is 7.89. The van der Waals surface area contributed by atoms with Crippen molar-refractivity contribution in [3.8, 4) is 11.5 Å². The molecule has 6 N–H and O–H groups in total. The summed E-state index contributed by atoms with van der Waals surface area (Å²) >= 11 is 5.54. The first-order valence-electron chi connectivity index (χ1n) is 10.3. The Morgan fingerprint density at radius 3 is 2.41 bits per heavy atom. The largest absolute Gasteiger partial charge is 0.504 e. The summed E-state index contributed by atoms with van der Waals surface area (Å²) in [5, 5.41) is 30.1. The number of nitrogens with zero attached hydrogens (tertiary/aromatic N) is 4. The minimum Gasteiger partial charge on any atom is -0.504 e. The molecule has 0 amide bonds. The molecule has 2 aromatic heterocycles. The Hall–Kier alpha value is -3.68. The number of sulfonamides is 1. The Labute approximate surface area is 199 Å². The minimum absolute atomic E-state index is 0.0366. The van der Waals surface area contributed by atoms with E-state index >= 15 is 0 Å². The molecule has 5 rings (SSSR count). The van der Waals surface area contributed by atoms with E-state index in [9.17, 15) is 18.6 Å². The van der Waals surface area contributed by atoms with Crippen LogP contribution >= 0.6 is 12.2 Å². The second-order valence-electron chi connectivity index (χ2n) is 7.91. The van der Waals surface area contributed by atoms with Crippen molar-refractivity contribution in [1.82, 2.24) is 19.9 Å². The minimum atomic E-state index is -3.75. The molecule has 0 spiro atoms. The standard InChI is InChI=1S/C21H21N7O4S2/c22-34(31,32)13-3-1-12(2-4-13)25-21(33)28-7-5-27(6-8-28)20-18-14-9-16(29)17(30)10-15(14)26-19(18)23-11-24-20/h1-4,9-11,29-30H,5-8H2,(H,25,33)(H2,22,31,32)(H,23,24,26). The zero-order valence-electron chi connectivity index (χ0n) is 17.8. The van der Waals surface area contributed by atoms with Gasteiger partial charge in [0.25, 0.3) is 0 Å². The van der Waals surface area contributed by atoms with Gasteiger partial charge in [-0.1, -0.05) is 0 Å². The smallest absolute Gasteiger partial charge is 0.238 e. The van der Waals surface area contributed by atoms with Crippen LogP contribution in [0.15, 0.2) is 47.6 Å². The van der Waals surface area contributed by atoms with Gasteiger partial charge < -0.3 is 30.3 Å². The zero-order chi connectivity index (χ0) is 24.0. The van der Waals surface area contributed by atoms with Gasteiger partial charge in [0, 0.05) is 43.3 Å².